The maximum Gasteiger partial charge on any atom is 0.125 e. The number of aromatic nitrogens is 2. The number of hydrogen-bond donors (Lipinski definition) is 0. The van der Waals surface area contributed by atoms with Crippen molar-refractivity contribution >= 4 is 34.4 Å². The molecule has 2 heterocycles. The minimum absolute atomic E-state index is 0.198. The zero-order valence-corrected chi connectivity index (χ0v) is 12.2. The summed E-state index contributed by atoms with van der Waals surface area (Å²) < 4.78 is 15.7. The van der Waals surface area contributed by atoms with Crippen LogP contribution in [0.5, 0.6) is 0 Å². The normalized spacial score (nSPS) is 17.2. The summed E-state index contributed by atoms with van der Waals surface area (Å²) in [5, 5.41) is 0. The fraction of sp³-hybridized carbons (Fsp3) is 0.500. The summed E-state index contributed by atoms with van der Waals surface area (Å²) in [5.74, 6) is 3.68. The SMILES string of the molecule is Fc1ccc2nc(CCCl)n(C3CCSCC3)c2c1. The van der Waals surface area contributed by atoms with Crippen molar-refractivity contribution in [1.82, 2.24) is 9.55 Å². The number of alkyl halides is 1. The maximum absolute atomic E-state index is 13.5. The van der Waals surface area contributed by atoms with Gasteiger partial charge in [-0.3, -0.25) is 0 Å². The Bertz CT molecular complexity index is 578. The lowest BCUT2D eigenvalue weighted by atomic mass is 10.1. The minimum atomic E-state index is -0.198. The topological polar surface area (TPSA) is 17.8 Å². The van der Waals surface area contributed by atoms with Gasteiger partial charge in [0.1, 0.15) is 11.6 Å². The van der Waals surface area contributed by atoms with Crippen molar-refractivity contribution in [2.24, 2.45) is 0 Å². The van der Waals surface area contributed by atoms with Crippen LogP contribution >= 0.6 is 23.4 Å². The van der Waals surface area contributed by atoms with Crippen LogP contribution in [0, 0.1) is 5.82 Å². The molecule has 0 N–H and O–H groups in total. The van der Waals surface area contributed by atoms with Gasteiger partial charge in [0.25, 0.3) is 0 Å². The number of nitrogens with zero attached hydrogens (tertiary/aromatic N) is 2. The summed E-state index contributed by atoms with van der Waals surface area (Å²) in [6.07, 6.45) is 2.99. The first kappa shape index (κ1) is 13.3. The predicted molar refractivity (Wildman–Crippen MR) is 79.7 cm³/mol. The zero-order valence-electron chi connectivity index (χ0n) is 10.6. The number of aryl methyl sites for hydroxylation is 1. The average molecular weight is 299 g/mol. The molecule has 0 bridgehead atoms. The van der Waals surface area contributed by atoms with Crippen molar-refractivity contribution in [1.29, 1.82) is 0 Å². The summed E-state index contributed by atoms with van der Waals surface area (Å²) in [6.45, 7) is 0. The average Bonchev–Trinajstić information content (AvgIpc) is 2.77. The highest BCUT2D eigenvalue weighted by Gasteiger charge is 2.21. The van der Waals surface area contributed by atoms with Gasteiger partial charge in [-0.1, -0.05) is 0 Å². The van der Waals surface area contributed by atoms with Gasteiger partial charge >= 0.3 is 0 Å². The summed E-state index contributed by atoms with van der Waals surface area (Å²) in [5.41, 5.74) is 1.79. The van der Waals surface area contributed by atoms with Crippen molar-refractivity contribution in [2.45, 2.75) is 25.3 Å². The molecule has 2 nitrogen and oxygen atoms in total. The number of thioether (sulfide) groups is 1. The Balaban J connectivity index is 2.11. The number of halogens is 2. The second-order valence-electron chi connectivity index (χ2n) is 4.81. The smallest absolute Gasteiger partial charge is 0.125 e. The van der Waals surface area contributed by atoms with Crippen molar-refractivity contribution < 1.29 is 4.39 Å². The van der Waals surface area contributed by atoms with Crippen LogP contribution in [-0.4, -0.2) is 26.9 Å². The summed E-state index contributed by atoms with van der Waals surface area (Å²) in [6, 6.07) is 5.27. The van der Waals surface area contributed by atoms with Crippen LogP contribution in [0.15, 0.2) is 18.2 Å². The molecule has 5 heteroatoms. The van der Waals surface area contributed by atoms with Gasteiger partial charge in [-0.25, -0.2) is 9.37 Å². The number of imidazole rings is 1. The highest BCUT2D eigenvalue weighted by Crippen LogP contribution is 2.32. The van der Waals surface area contributed by atoms with Gasteiger partial charge in [0.15, 0.2) is 0 Å². The van der Waals surface area contributed by atoms with Crippen molar-refractivity contribution in [2.75, 3.05) is 17.4 Å². The molecule has 0 spiro atoms. The molecule has 0 amide bonds. The van der Waals surface area contributed by atoms with E-state index in [2.05, 4.69) is 9.55 Å². The molecular formula is C14H16ClFN2S. The van der Waals surface area contributed by atoms with Gasteiger partial charge in [-0.2, -0.15) is 11.8 Å². The summed E-state index contributed by atoms with van der Waals surface area (Å²) >= 11 is 7.86. The van der Waals surface area contributed by atoms with E-state index in [1.807, 2.05) is 11.8 Å². The lowest BCUT2D eigenvalue weighted by Crippen LogP contribution is -2.17. The van der Waals surface area contributed by atoms with E-state index < -0.39 is 0 Å². The molecule has 102 valence electrons. The third kappa shape index (κ3) is 2.61. The first-order valence-electron chi connectivity index (χ1n) is 6.59. The van der Waals surface area contributed by atoms with Gasteiger partial charge < -0.3 is 4.57 Å². The Kier molecular flexibility index (Phi) is 3.99. The predicted octanol–water partition coefficient (Wildman–Crippen LogP) is 4.02. The van der Waals surface area contributed by atoms with Crippen LogP contribution in [0.2, 0.25) is 0 Å². The number of fused-ring (bicyclic) bond motifs is 1. The Hall–Kier alpha value is -0.740. The van der Waals surface area contributed by atoms with Crippen LogP contribution in [-0.2, 0) is 6.42 Å². The number of benzene rings is 1. The standard InChI is InChI=1S/C14H16ClFN2S/c15-6-3-14-17-12-2-1-10(16)9-13(12)18(14)11-4-7-19-8-5-11/h1-2,9,11H,3-8H2. The first-order chi connectivity index (χ1) is 9.29. The molecule has 1 aliphatic heterocycles. The third-order valence-electron chi connectivity index (χ3n) is 3.60. The highest BCUT2D eigenvalue weighted by molar-refractivity contribution is 7.99. The minimum Gasteiger partial charge on any atom is -0.325 e. The Morgan fingerprint density at radius 2 is 2.16 bits per heavy atom. The van der Waals surface area contributed by atoms with Crippen LogP contribution in [0.25, 0.3) is 11.0 Å². The fourth-order valence-corrected chi connectivity index (χ4v) is 3.98. The number of rotatable bonds is 3. The van der Waals surface area contributed by atoms with Gasteiger partial charge in [-0.15, -0.1) is 11.6 Å². The molecule has 1 aromatic heterocycles. The van der Waals surface area contributed by atoms with Crippen LogP contribution in [0.1, 0.15) is 24.7 Å². The van der Waals surface area contributed by atoms with E-state index >= 15 is 0 Å². The molecular weight excluding hydrogens is 283 g/mol. The monoisotopic (exact) mass is 298 g/mol. The van der Waals surface area contributed by atoms with Gasteiger partial charge in [0.05, 0.1) is 11.0 Å². The number of hydrogen-bond acceptors (Lipinski definition) is 2. The Labute approximate surface area is 121 Å². The molecule has 1 aliphatic rings. The lowest BCUT2D eigenvalue weighted by Gasteiger charge is -2.25. The molecule has 0 saturated carbocycles. The van der Waals surface area contributed by atoms with Crippen molar-refractivity contribution in [3.8, 4) is 0 Å². The first-order valence-corrected chi connectivity index (χ1v) is 8.28. The lowest BCUT2D eigenvalue weighted by molar-refractivity contribution is 0.466. The molecule has 0 radical (unpaired) electrons. The van der Waals surface area contributed by atoms with Crippen LogP contribution in [0.4, 0.5) is 4.39 Å². The molecule has 1 fully saturated rings. The molecule has 0 aliphatic carbocycles. The maximum atomic E-state index is 13.5. The van der Waals surface area contributed by atoms with E-state index in [0.717, 1.165) is 36.1 Å². The van der Waals surface area contributed by atoms with E-state index in [4.69, 9.17) is 11.6 Å². The summed E-state index contributed by atoms with van der Waals surface area (Å²) in [4.78, 5) is 4.62. The Morgan fingerprint density at radius 3 is 2.89 bits per heavy atom. The largest absolute Gasteiger partial charge is 0.325 e. The van der Waals surface area contributed by atoms with Crippen LogP contribution < -0.4 is 0 Å². The molecule has 0 unspecified atom stereocenters. The third-order valence-corrected chi connectivity index (χ3v) is 4.84. The quantitative estimate of drug-likeness (QED) is 0.796. The second kappa shape index (κ2) is 5.71. The van der Waals surface area contributed by atoms with Gasteiger partial charge in [0, 0.05) is 18.3 Å². The molecule has 0 atom stereocenters. The molecule has 1 aromatic carbocycles. The van der Waals surface area contributed by atoms with Gasteiger partial charge in [0.2, 0.25) is 0 Å². The molecule has 2 aromatic rings. The summed E-state index contributed by atoms with van der Waals surface area (Å²) in [7, 11) is 0. The fourth-order valence-electron chi connectivity index (χ4n) is 2.73. The van der Waals surface area contributed by atoms with Gasteiger partial charge in [-0.05, 0) is 42.5 Å². The van der Waals surface area contributed by atoms with E-state index in [1.165, 1.54) is 17.6 Å². The van der Waals surface area contributed by atoms with Crippen LogP contribution in [0.3, 0.4) is 0 Å². The van der Waals surface area contributed by atoms with E-state index in [1.54, 1.807) is 12.1 Å². The molecule has 1 saturated heterocycles. The van der Waals surface area contributed by atoms with E-state index in [9.17, 15) is 4.39 Å². The van der Waals surface area contributed by atoms with Crippen molar-refractivity contribution in [3.63, 3.8) is 0 Å². The second-order valence-corrected chi connectivity index (χ2v) is 6.42. The zero-order chi connectivity index (χ0) is 13.2. The highest BCUT2D eigenvalue weighted by atomic mass is 35.5. The van der Waals surface area contributed by atoms with E-state index in [0.29, 0.717) is 11.9 Å². The molecule has 3 rings (SSSR count). The molecule has 19 heavy (non-hydrogen) atoms. The Morgan fingerprint density at radius 1 is 1.37 bits per heavy atom. The van der Waals surface area contributed by atoms with E-state index in [-0.39, 0.29) is 5.82 Å². The van der Waals surface area contributed by atoms with Crippen molar-refractivity contribution in [3.05, 3.63) is 29.8 Å².